The Morgan fingerprint density at radius 3 is 2.47 bits per heavy atom. The van der Waals surface area contributed by atoms with E-state index in [1.807, 2.05) is 0 Å². The maximum Gasteiger partial charge on any atom is 0.0610 e. The van der Waals surface area contributed by atoms with Gasteiger partial charge in [-0.05, 0) is 38.4 Å². The molecule has 0 aromatic heterocycles. The number of hydrogen-bond donors (Lipinski definition) is 2. The van der Waals surface area contributed by atoms with E-state index in [1.165, 1.54) is 50.7 Å². The monoisotopic (exact) mass is 287 g/mol. The Bertz CT molecular complexity index is 229. The lowest BCUT2D eigenvalue weighted by Gasteiger charge is -2.31. The van der Waals surface area contributed by atoms with Crippen LogP contribution < -0.4 is 5.32 Å². The van der Waals surface area contributed by atoms with Crippen LogP contribution in [0.1, 0.15) is 72.1 Å². The molecule has 1 fully saturated rings. The Morgan fingerprint density at radius 2 is 1.89 bits per heavy atom. The third kappa shape index (κ3) is 7.57. The quantitative estimate of drug-likeness (QED) is 0.629. The van der Waals surface area contributed by atoms with Gasteiger partial charge >= 0.3 is 0 Å². The van der Waals surface area contributed by atoms with Crippen molar-refractivity contribution >= 4 is 11.8 Å². The van der Waals surface area contributed by atoms with Crippen LogP contribution in [0.4, 0.5) is 0 Å². The summed E-state index contributed by atoms with van der Waals surface area (Å²) in [6, 6.07) is 0.439. The van der Waals surface area contributed by atoms with E-state index in [1.54, 1.807) is 0 Å². The van der Waals surface area contributed by atoms with Crippen LogP contribution in [-0.2, 0) is 0 Å². The number of aliphatic hydroxyl groups is 1. The molecule has 1 unspecified atom stereocenters. The first-order valence-corrected chi connectivity index (χ1v) is 9.11. The molecule has 0 saturated heterocycles. The Labute approximate surface area is 124 Å². The molecule has 0 bridgehead atoms. The van der Waals surface area contributed by atoms with Gasteiger partial charge in [0.05, 0.1) is 6.61 Å². The van der Waals surface area contributed by atoms with Crippen molar-refractivity contribution in [3.8, 4) is 0 Å². The van der Waals surface area contributed by atoms with Crippen molar-refractivity contribution in [2.75, 3.05) is 12.4 Å². The Hall–Kier alpha value is 0.270. The second kappa shape index (κ2) is 9.25. The summed E-state index contributed by atoms with van der Waals surface area (Å²) >= 11 is 2.19. The molecule has 0 aromatic carbocycles. The molecule has 1 rings (SSSR count). The summed E-state index contributed by atoms with van der Waals surface area (Å²) in [5.41, 5.74) is -0.0936. The molecule has 114 valence electrons. The normalized spacial score (nSPS) is 20.7. The van der Waals surface area contributed by atoms with Crippen LogP contribution in [0.5, 0.6) is 0 Å². The SMILES string of the molecule is CC(C)NC(C)(CO)CCCCSC1CCCCC1. The van der Waals surface area contributed by atoms with E-state index in [9.17, 15) is 5.11 Å². The zero-order valence-electron chi connectivity index (χ0n) is 13.1. The van der Waals surface area contributed by atoms with Crippen LogP contribution in [0.25, 0.3) is 0 Å². The number of thioether (sulfide) groups is 1. The molecule has 0 aliphatic heterocycles. The molecule has 1 aliphatic rings. The lowest BCUT2D eigenvalue weighted by Crippen LogP contribution is -2.49. The molecule has 0 aromatic rings. The van der Waals surface area contributed by atoms with E-state index in [0.29, 0.717) is 6.04 Å². The zero-order valence-corrected chi connectivity index (χ0v) is 13.9. The number of rotatable bonds is 9. The van der Waals surface area contributed by atoms with E-state index in [4.69, 9.17) is 0 Å². The minimum atomic E-state index is -0.0936. The molecule has 1 aliphatic carbocycles. The Kier molecular flexibility index (Phi) is 8.43. The fourth-order valence-electron chi connectivity index (χ4n) is 2.99. The van der Waals surface area contributed by atoms with Crippen molar-refractivity contribution in [1.82, 2.24) is 5.32 Å². The smallest absolute Gasteiger partial charge is 0.0610 e. The minimum absolute atomic E-state index is 0.0936. The van der Waals surface area contributed by atoms with Gasteiger partial charge in [-0.2, -0.15) is 11.8 Å². The van der Waals surface area contributed by atoms with E-state index >= 15 is 0 Å². The van der Waals surface area contributed by atoms with Gasteiger partial charge in [0.15, 0.2) is 0 Å². The highest BCUT2D eigenvalue weighted by Crippen LogP contribution is 2.29. The van der Waals surface area contributed by atoms with Gasteiger partial charge in [0.2, 0.25) is 0 Å². The molecule has 0 amide bonds. The third-order valence-corrected chi connectivity index (χ3v) is 5.48. The molecule has 1 atom stereocenters. The van der Waals surface area contributed by atoms with Crippen molar-refractivity contribution in [3.63, 3.8) is 0 Å². The summed E-state index contributed by atoms with van der Waals surface area (Å²) < 4.78 is 0. The summed E-state index contributed by atoms with van der Waals surface area (Å²) in [4.78, 5) is 0. The first-order valence-electron chi connectivity index (χ1n) is 8.06. The van der Waals surface area contributed by atoms with Crippen LogP contribution in [0, 0.1) is 0 Å². The molecular weight excluding hydrogens is 254 g/mol. The predicted molar refractivity (Wildman–Crippen MR) is 86.9 cm³/mol. The van der Waals surface area contributed by atoms with Crippen LogP contribution in [0.3, 0.4) is 0 Å². The third-order valence-electron chi connectivity index (χ3n) is 4.01. The first kappa shape index (κ1) is 17.3. The van der Waals surface area contributed by atoms with Crippen molar-refractivity contribution < 1.29 is 5.11 Å². The van der Waals surface area contributed by atoms with E-state index in [2.05, 4.69) is 37.8 Å². The lowest BCUT2D eigenvalue weighted by molar-refractivity contribution is 0.154. The molecule has 2 N–H and O–H groups in total. The maximum absolute atomic E-state index is 9.53. The van der Waals surface area contributed by atoms with Crippen molar-refractivity contribution in [1.29, 1.82) is 0 Å². The topological polar surface area (TPSA) is 32.3 Å². The largest absolute Gasteiger partial charge is 0.394 e. The van der Waals surface area contributed by atoms with Crippen LogP contribution in [-0.4, -0.2) is 34.3 Å². The zero-order chi connectivity index (χ0) is 14.1. The predicted octanol–water partition coefficient (Wildman–Crippen LogP) is 3.97. The van der Waals surface area contributed by atoms with Crippen molar-refractivity contribution in [2.45, 2.75) is 89.0 Å². The van der Waals surface area contributed by atoms with Crippen molar-refractivity contribution in [3.05, 3.63) is 0 Å². The molecule has 3 heteroatoms. The number of hydrogen-bond acceptors (Lipinski definition) is 3. The average molecular weight is 288 g/mol. The van der Waals surface area contributed by atoms with Gasteiger partial charge in [-0.15, -0.1) is 0 Å². The molecular formula is C16H33NOS. The molecule has 1 saturated carbocycles. The van der Waals surface area contributed by atoms with Crippen LogP contribution >= 0.6 is 11.8 Å². The average Bonchev–Trinajstić information content (AvgIpc) is 2.39. The summed E-state index contributed by atoms with van der Waals surface area (Å²) in [6.07, 6.45) is 10.8. The summed E-state index contributed by atoms with van der Waals surface area (Å²) in [5, 5.41) is 14.0. The number of unbranched alkanes of at least 4 members (excludes halogenated alkanes) is 1. The van der Waals surface area contributed by atoms with Crippen LogP contribution in [0.2, 0.25) is 0 Å². The molecule has 2 nitrogen and oxygen atoms in total. The maximum atomic E-state index is 9.53. The highest BCUT2D eigenvalue weighted by Gasteiger charge is 2.23. The van der Waals surface area contributed by atoms with E-state index < -0.39 is 0 Å². The number of aliphatic hydroxyl groups excluding tert-OH is 1. The Morgan fingerprint density at radius 1 is 1.21 bits per heavy atom. The molecule has 0 heterocycles. The molecule has 19 heavy (non-hydrogen) atoms. The lowest BCUT2D eigenvalue weighted by atomic mass is 9.95. The summed E-state index contributed by atoms with van der Waals surface area (Å²) in [6.45, 7) is 6.67. The second-order valence-electron chi connectivity index (χ2n) is 6.61. The van der Waals surface area contributed by atoms with E-state index in [-0.39, 0.29) is 12.1 Å². The van der Waals surface area contributed by atoms with Gasteiger partial charge in [-0.3, -0.25) is 0 Å². The standard InChI is InChI=1S/C16H33NOS/c1-14(2)17-16(3,13-18)11-7-8-12-19-15-9-5-4-6-10-15/h14-15,17-18H,4-13H2,1-3H3. The summed E-state index contributed by atoms with van der Waals surface area (Å²) in [7, 11) is 0. The van der Waals surface area contributed by atoms with Gasteiger partial charge in [0, 0.05) is 16.8 Å². The van der Waals surface area contributed by atoms with Gasteiger partial charge in [-0.25, -0.2) is 0 Å². The fraction of sp³-hybridized carbons (Fsp3) is 1.00. The minimum Gasteiger partial charge on any atom is -0.394 e. The first-order chi connectivity index (χ1) is 9.06. The summed E-state index contributed by atoms with van der Waals surface area (Å²) in [5.74, 6) is 1.30. The highest BCUT2D eigenvalue weighted by atomic mass is 32.2. The fourth-order valence-corrected chi connectivity index (χ4v) is 4.36. The number of nitrogens with one attached hydrogen (secondary N) is 1. The van der Waals surface area contributed by atoms with E-state index in [0.717, 1.165) is 11.7 Å². The van der Waals surface area contributed by atoms with Gasteiger partial charge in [0.1, 0.15) is 0 Å². The second-order valence-corrected chi connectivity index (χ2v) is 8.01. The van der Waals surface area contributed by atoms with Crippen LogP contribution in [0.15, 0.2) is 0 Å². The Balaban J connectivity index is 2.08. The highest BCUT2D eigenvalue weighted by molar-refractivity contribution is 7.99. The van der Waals surface area contributed by atoms with Crippen molar-refractivity contribution in [2.24, 2.45) is 0 Å². The molecule has 0 spiro atoms. The molecule has 0 radical (unpaired) electrons. The van der Waals surface area contributed by atoms with Gasteiger partial charge in [-0.1, -0.05) is 39.5 Å². The van der Waals surface area contributed by atoms with Gasteiger partial charge < -0.3 is 10.4 Å². The van der Waals surface area contributed by atoms with Gasteiger partial charge in [0.25, 0.3) is 0 Å².